The summed E-state index contributed by atoms with van der Waals surface area (Å²) in [5.41, 5.74) is 1.67. The van der Waals surface area contributed by atoms with E-state index in [0.717, 1.165) is 31.5 Å². The molecule has 1 saturated heterocycles. The van der Waals surface area contributed by atoms with Gasteiger partial charge < -0.3 is 19.1 Å². The molecule has 1 fully saturated rings. The van der Waals surface area contributed by atoms with Crippen molar-refractivity contribution in [1.82, 2.24) is 4.90 Å². The Kier molecular flexibility index (Phi) is 5.46. The molecule has 2 aromatic carbocycles. The third kappa shape index (κ3) is 4.11. The normalized spacial score (nSPS) is 16.1. The van der Waals surface area contributed by atoms with Crippen LogP contribution in [0, 0.1) is 0 Å². The molecule has 2 aliphatic heterocycles. The average molecular weight is 381 g/mol. The van der Waals surface area contributed by atoms with Crippen molar-refractivity contribution in [2.24, 2.45) is 0 Å². The summed E-state index contributed by atoms with van der Waals surface area (Å²) in [6.45, 7) is 1.66. The minimum Gasteiger partial charge on any atom is -0.454 e. The number of nitrogens with zero attached hydrogens (tertiary/aromatic N) is 1. The molecule has 1 amide bonds. The molecule has 6 heteroatoms. The predicted molar refractivity (Wildman–Crippen MR) is 102 cm³/mol. The number of aryl methyl sites for hydroxylation is 1. The minimum absolute atomic E-state index is 0.139. The summed E-state index contributed by atoms with van der Waals surface area (Å²) in [6, 6.07) is 14.8. The molecule has 4 rings (SSSR count). The van der Waals surface area contributed by atoms with Crippen LogP contribution in [0.15, 0.2) is 48.5 Å². The van der Waals surface area contributed by atoms with E-state index >= 15 is 0 Å². The largest absolute Gasteiger partial charge is 0.454 e. The monoisotopic (exact) mass is 381 g/mol. The molecule has 2 aliphatic rings. The Morgan fingerprint density at radius 2 is 1.75 bits per heavy atom. The van der Waals surface area contributed by atoms with E-state index in [1.807, 2.05) is 48.5 Å². The van der Waals surface area contributed by atoms with Gasteiger partial charge in [-0.1, -0.05) is 36.4 Å². The standard InChI is InChI=1S/C22H23NO5/c24-20(11-9-16-8-10-18-19(14-16)27-15-26-18)28-21(17-6-2-1-3-7-17)22(25)23-12-4-5-13-23/h1-3,6-8,10,14,21H,4-5,9,11-13,15H2. The molecule has 1 atom stereocenters. The van der Waals surface area contributed by atoms with Gasteiger partial charge in [-0.25, -0.2) is 0 Å². The number of ether oxygens (including phenoxy) is 3. The Bertz CT molecular complexity index is 845. The second-order valence-corrected chi connectivity index (χ2v) is 7.00. The molecule has 0 spiro atoms. The zero-order valence-electron chi connectivity index (χ0n) is 15.6. The molecule has 2 aromatic rings. The van der Waals surface area contributed by atoms with Crippen LogP contribution in [0.4, 0.5) is 0 Å². The number of hydrogen-bond donors (Lipinski definition) is 0. The lowest BCUT2D eigenvalue weighted by atomic mass is 10.1. The fourth-order valence-corrected chi connectivity index (χ4v) is 3.53. The number of esters is 1. The zero-order valence-corrected chi connectivity index (χ0v) is 15.6. The van der Waals surface area contributed by atoms with E-state index in [9.17, 15) is 9.59 Å². The highest BCUT2D eigenvalue weighted by molar-refractivity contribution is 5.85. The van der Waals surface area contributed by atoms with Gasteiger partial charge in [-0.2, -0.15) is 0 Å². The van der Waals surface area contributed by atoms with E-state index in [2.05, 4.69) is 0 Å². The average Bonchev–Trinajstić information content (AvgIpc) is 3.42. The van der Waals surface area contributed by atoms with Gasteiger partial charge in [-0.15, -0.1) is 0 Å². The molecule has 6 nitrogen and oxygen atoms in total. The summed E-state index contributed by atoms with van der Waals surface area (Å²) >= 11 is 0. The first-order chi connectivity index (χ1) is 13.7. The van der Waals surface area contributed by atoms with Crippen molar-refractivity contribution in [2.75, 3.05) is 19.9 Å². The Morgan fingerprint density at radius 1 is 1.00 bits per heavy atom. The fraction of sp³-hybridized carbons (Fsp3) is 0.364. The van der Waals surface area contributed by atoms with Crippen molar-refractivity contribution in [3.63, 3.8) is 0 Å². The lowest BCUT2D eigenvalue weighted by Crippen LogP contribution is -2.34. The van der Waals surface area contributed by atoms with E-state index in [-0.39, 0.29) is 25.1 Å². The lowest BCUT2D eigenvalue weighted by molar-refractivity contribution is -0.160. The summed E-state index contributed by atoms with van der Waals surface area (Å²) in [6.07, 6.45) is 1.80. The number of likely N-dealkylation sites (tertiary alicyclic amines) is 1. The van der Waals surface area contributed by atoms with Crippen LogP contribution in [0.25, 0.3) is 0 Å². The summed E-state index contributed by atoms with van der Waals surface area (Å²) in [5.74, 6) is 0.878. The highest BCUT2D eigenvalue weighted by atomic mass is 16.7. The second kappa shape index (κ2) is 8.33. The Morgan fingerprint density at radius 3 is 2.54 bits per heavy atom. The third-order valence-corrected chi connectivity index (χ3v) is 5.05. The van der Waals surface area contributed by atoms with Crippen molar-refractivity contribution >= 4 is 11.9 Å². The van der Waals surface area contributed by atoms with Gasteiger partial charge in [0, 0.05) is 25.1 Å². The Balaban J connectivity index is 1.41. The molecule has 146 valence electrons. The number of carbonyl (C=O) groups is 2. The Labute approximate surface area is 164 Å². The number of rotatable bonds is 6. The molecule has 28 heavy (non-hydrogen) atoms. The van der Waals surface area contributed by atoms with Gasteiger partial charge in [-0.3, -0.25) is 9.59 Å². The van der Waals surface area contributed by atoms with Crippen molar-refractivity contribution in [3.05, 3.63) is 59.7 Å². The summed E-state index contributed by atoms with van der Waals surface area (Å²) in [4.78, 5) is 27.2. The van der Waals surface area contributed by atoms with Crippen LogP contribution in [-0.2, 0) is 20.7 Å². The fourth-order valence-electron chi connectivity index (χ4n) is 3.53. The van der Waals surface area contributed by atoms with E-state index in [1.54, 1.807) is 4.90 Å². The molecule has 0 aliphatic carbocycles. The number of carbonyl (C=O) groups excluding carboxylic acids is 2. The van der Waals surface area contributed by atoms with Crippen molar-refractivity contribution in [2.45, 2.75) is 31.8 Å². The van der Waals surface area contributed by atoms with E-state index in [0.29, 0.717) is 23.5 Å². The van der Waals surface area contributed by atoms with Gasteiger partial charge in [0.1, 0.15) is 0 Å². The van der Waals surface area contributed by atoms with Gasteiger partial charge in [0.15, 0.2) is 11.5 Å². The van der Waals surface area contributed by atoms with Crippen LogP contribution in [0.3, 0.4) is 0 Å². The molecular formula is C22H23NO5. The molecular weight excluding hydrogens is 358 g/mol. The first kappa shape index (κ1) is 18.3. The van der Waals surface area contributed by atoms with Gasteiger partial charge in [0.05, 0.1) is 0 Å². The molecule has 0 aromatic heterocycles. The van der Waals surface area contributed by atoms with Crippen LogP contribution in [0.2, 0.25) is 0 Å². The van der Waals surface area contributed by atoms with Crippen LogP contribution in [0.1, 0.15) is 36.5 Å². The van der Waals surface area contributed by atoms with Crippen molar-refractivity contribution in [3.8, 4) is 11.5 Å². The smallest absolute Gasteiger partial charge is 0.307 e. The summed E-state index contributed by atoms with van der Waals surface area (Å²) in [7, 11) is 0. The van der Waals surface area contributed by atoms with Gasteiger partial charge in [0.25, 0.3) is 5.91 Å². The van der Waals surface area contributed by atoms with Crippen molar-refractivity contribution in [1.29, 1.82) is 0 Å². The maximum absolute atomic E-state index is 12.9. The topological polar surface area (TPSA) is 65.1 Å². The van der Waals surface area contributed by atoms with Gasteiger partial charge in [-0.05, 0) is 37.0 Å². The second-order valence-electron chi connectivity index (χ2n) is 7.00. The van der Waals surface area contributed by atoms with Crippen molar-refractivity contribution < 1.29 is 23.8 Å². The molecule has 0 radical (unpaired) electrons. The Hall–Kier alpha value is -3.02. The zero-order chi connectivity index (χ0) is 19.3. The summed E-state index contributed by atoms with van der Waals surface area (Å²) < 4.78 is 16.3. The first-order valence-corrected chi connectivity index (χ1v) is 9.62. The maximum atomic E-state index is 12.9. The van der Waals surface area contributed by atoms with Crippen LogP contribution in [-0.4, -0.2) is 36.7 Å². The number of benzene rings is 2. The molecule has 0 N–H and O–H groups in total. The van der Waals surface area contributed by atoms with Crippen LogP contribution in [0.5, 0.6) is 11.5 Å². The minimum atomic E-state index is -0.886. The van der Waals surface area contributed by atoms with Crippen LogP contribution >= 0.6 is 0 Å². The molecule has 0 saturated carbocycles. The quantitative estimate of drug-likeness (QED) is 0.719. The maximum Gasteiger partial charge on any atom is 0.307 e. The molecule has 0 bridgehead atoms. The van der Waals surface area contributed by atoms with Crippen LogP contribution < -0.4 is 9.47 Å². The molecule has 1 unspecified atom stereocenters. The third-order valence-electron chi connectivity index (χ3n) is 5.05. The number of hydrogen-bond acceptors (Lipinski definition) is 5. The lowest BCUT2D eigenvalue weighted by Gasteiger charge is -2.23. The van der Waals surface area contributed by atoms with Gasteiger partial charge >= 0.3 is 5.97 Å². The van der Waals surface area contributed by atoms with E-state index < -0.39 is 6.10 Å². The molecule has 2 heterocycles. The van der Waals surface area contributed by atoms with Gasteiger partial charge in [0.2, 0.25) is 12.9 Å². The number of fused-ring (bicyclic) bond motifs is 1. The predicted octanol–water partition coefficient (Wildman–Crippen LogP) is 3.25. The summed E-state index contributed by atoms with van der Waals surface area (Å²) in [5, 5.41) is 0. The highest BCUT2D eigenvalue weighted by Gasteiger charge is 2.30. The van der Waals surface area contributed by atoms with E-state index in [4.69, 9.17) is 14.2 Å². The van der Waals surface area contributed by atoms with E-state index in [1.165, 1.54) is 0 Å². The number of amides is 1. The highest BCUT2D eigenvalue weighted by Crippen LogP contribution is 2.33. The SMILES string of the molecule is O=C(CCc1ccc2c(c1)OCO2)OC(C(=O)N1CCCC1)c1ccccc1. The first-order valence-electron chi connectivity index (χ1n) is 9.62.